The fourth-order valence-electron chi connectivity index (χ4n) is 3.55. The highest BCUT2D eigenvalue weighted by Gasteiger charge is 2.28. The van der Waals surface area contributed by atoms with Gasteiger partial charge in [-0.15, -0.1) is 11.3 Å². The lowest BCUT2D eigenvalue weighted by Crippen LogP contribution is -2.50. The molecule has 3 aromatic heterocycles. The molecule has 0 saturated carbocycles. The van der Waals surface area contributed by atoms with Gasteiger partial charge in [0.05, 0.1) is 17.6 Å². The van der Waals surface area contributed by atoms with E-state index in [0.717, 1.165) is 16.3 Å². The molecule has 2 amide bonds. The number of piperazine rings is 1. The van der Waals surface area contributed by atoms with Crippen molar-refractivity contribution in [3.05, 3.63) is 71.3 Å². The highest BCUT2D eigenvalue weighted by atomic mass is 32.1. The number of nitrogens with zero attached hydrogens (tertiary/aromatic N) is 6. The first-order valence-electron chi connectivity index (χ1n) is 10.2. The van der Waals surface area contributed by atoms with Crippen molar-refractivity contribution in [2.45, 2.75) is 6.92 Å². The molecule has 9 nitrogen and oxygen atoms in total. The van der Waals surface area contributed by atoms with Crippen LogP contribution in [0.1, 0.15) is 26.7 Å². The molecule has 1 saturated heterocycles. The van der Waals surface area contributed by atoms with Crippen molar-refractivity contribution in [1.29, 1.82) is 0 Å². The maximum absolute atomic E-state index is 12.9. The summed E-state index contributed by atoms with van der Waals surface area (Å²) in [6.07, 6.45) is 3.65. The van der Waals surface area contributed by atoms with Crippen LogP contribution in [-0.2, 0) is 0 Å². The van der Waals surface area contributed by atoms with Crippen molar-refractivity contribution >= 4 is 23.2 Å². The molecule has 10 heteroatoms. The lowest BCUT2D eigenvalue weighted by Gasteiger charge is -2.33. The molecule has 32 heavy (non-hydrogen) atoms. The first kappa shape index (κ1) is 20.1. The van der Waals surface area contributed by atoms with E-state index in [1.807, 2.05) is 36.5 Å². The molecule has 0 spiro atoms. The summed E-state index contributed by atoms with van der Waals surface area (Å²) in [6.45, 7) is 3.52. The number of hydrogen-bond acceptors (Lipinski definition) is 7. The number of carbonyl (C=O) groups is 2. The molecule has 0 radical (unpaired) electrons. The van der Waals surface area contributed by atoms with Crippen LogP contribution in [0.4, 0.5) is 0 Å². The van der Waals surface area contributed by atoms with Crippen LogP contribution in [0.2, 0.25) is 0 Å². The molecule has 5 rings (SSSR count). The Morgan fingerprint density at radius 1 is 1.03 bits per heavy atom. The Morgan fingerprint density at radius 3 is 2.44 bits per heavy atom. The van der Waals surface area contributed by atoms with Crippen LogP contribution in [0.5, 0.6) is 0 Å². The molecule has 162 valence electrons. The normalized spacial score (nSPS) is 14.0. The van der Waals surface area contributed by atoms with Gasteiger partial charge >= 0.3 is 0 Å². The summed E-state index contributed by atoms with van der Waals surface area (Å²) in [5.74, 6) is -0.114. The smallest absolute Gasteiger partial charge is 0.292 e. The van der Waals surface area contributed by atoms with E-state index in [4.69, 9.17) is 4.52 Å². The predicted octanol–water partition coefficient (Wildman–Crippen LogP) is 2.89. The molecule has 0 N–H and O–H groups in total. The van der Waals surface area contributed by atoms with Crippen LogP contribution in [0.25, 0.3) is 16.3 Å². The number of amides is 2. The van der Waals surface area contributed by atoms with Crippen molar-refractivity contribution < 1.29 is 14.1 Å². The molecule has 0 bridgehead atoms. The van der Waals surface area contributed by atoms with Gasteiger partial charge in [-0.25, -0.2) is 9.67 Å². The van der Waals surface area contributed by atoms with Crippen LogP contribution in [-0.4, -0.2) is 67.7 Å². The number of carbonyl (C=O) groups excluding carboxylic acids is 2. The van der Waals surface area contributed by atoms with E-state index in [2.05, 4.69) is 15.2 Å². The number of aryl methyl sites for hydroxylation is 1. The van der Waals surface area contributed by atoms with Crippen LogP contribution >= 0.6 is 11.3 Å². The molecule has 1 aromatic carbocycles. The quantitative estimate of drug-likeness (QED) is 0.476. The number of para-hydroxylation sites is 1. The molecule has 0 aliphatic carbocycles. The average molecular weight is 449 g/mol. The topological polar surface area (TPSA) is 97.4 Å². The van der Waals surface area contributed by atoms with Gasteiger partial charge in [0.1, 0.15) is 10.7 Å². The van der Waals surface area contributed by atoms with Gasteiger partial charge in [0, 0.05) is 49.4 Å². The second kappa shape index (κ2) is 8.39. The summed E-state index contributed by atoms with van der Waals surface area (Å²) < 4.78 is 6.84. The van der Waals surface area contributed by atoms with Crippen molar-refractivity contribution in [2.24, 2.45) is 0 Å². The summed E-state index contributed by atoms with van der Waals surface area (Å²) >= 11 is 1.41. The molecule has 0 unspecified atom stereocenters. The number of thiazole rings is 1. The average Bonchev–Trinajstić information content (AvgIpc) is 3.59. The molecule has 4 aromatic rings. The van der Waals surface area contributed by atoms with E-state index < -0.39 is 0 Å². The number of hydrogen-bond donors (Lipinski definition) is 0. The predicted molar refractivity (Wildman–Crippen MR) is 118 cm³/mol. The summed E-state index contributed by atoms with van der Waals surface area (Å²) in [4.78, 5) is 33.4. The second-order valence-electron chi connectivity index (χ2n) is 7.46. The summed E-state index contributed by atoms with van der Waals surface area (Å²) in [6, 6.07) is 11.4. The first-order valence-corrected chi connectivity index (χ1v) is 11.0. The summed E-state index contributed by atoms with van der Waals surface area (Å²) in [5, 5.41) is 10.7. The monoisotopic (exact) mass is 448 g/mol. The maximum Gasteiger partial charge on any atom is 0.292 e. The number of benzene rings is 1. The van der Waals surface area contributed by atoms with E-state index in [1.54, 1.807) is 39.0 Å². The Morgan fingerprint density at radius 2 is 1.75 bits per heavy atom. The van der Waals surface area contributed by atoms with Crippen molar-refractivity contribution in [2.75, 3.05) is 26.2 Å². The fraction of sp³-hybridized carbons (Fsp3) is 0.227. The van der Waals surface area contributed by atoms with Gasteiger partial charge in [0.25, 0.3) is 11.8 Å². The van der Waals surface area contributed by atoms with Crippen molar-refractivity contribution in [1.82, 2.24) is 29.7 Å². The van der Waals surface area contributed by atoms with Crippen LogP contribution < -0.4 is 0 Å². The molecule has 1 fully saturated rings. The molecule has 1 aliphatic heterocycles. The summed E-state index contributed by atoms with van der Waals surface area (Å²) in [7, 11) is 0. The number of aromatic nitrogens is 4. The standard InChI is InChI=1S/C22H20N6O3S/c1-15-11-19(31-25-15)22(30)27-9-7-26(8-10-27)21(29)18-14-32-20(24-18)16-12-23-28(13-16)17-5-3-2-4-6-17/h2-6,11-14H,7-10H2,1H3. The highest BCUT2D eigenvalue weighted by molar-refractivity contribution is 7.13. The second-order valence-corrected chi connectivity index (χ2v) is 8.32. The highest BCUT2D eigenvalue weighted by Crippen LogP contribution is 2.25. The Bertz CT molecular complexity index is 1250. The van der Waals surface area contributed by atoms with E-state index in [0.29, 0.717) is 37.6 Å². The zero-order valence-corrected chi connectivity index (χ0v) is 18.2. The molecular weight excluding hydrogens is 428 g/mol. The van der Waals surface area contributed by atoms with Crippen LogP contribution in [0.15, 0.2) is 58.7 Å². The zero-order valence-electron chi connectivity index (χ0n) is 17.3. The van der Waals surface area contributed by atoms with Gasteiger partial charge in [-0.3, -0.25) is 9.59 Å². The Labute approximate surface area is 187 Å². The summed E-state index contributed by atoms with van der Waals surface area (Å²) in [5.41, 5.74) is 2.88. The lowest BCUT2D eigenvalue weighted by atomic mass is 10.2. The van der Waals surface area contributed by atoms with Crippen LogP contribution in [0.3, 0.4) is 0 Å². The molecule has 0 atom stereocenters. The minimum Gasteiger partial charge on any atom is -0.351 e. The molecule has 4 heterocycles. The van der Waals surface area contributed by atoms with E-state index >= 15 is 0 Å². The fourth-order valence-corrected chi connectivity index (χ4v) is 4.32. The SMILES string of the molecule is Cc1cc(C(=O)N2CCN(C(=O)c3csc(-c4cnn(-c5ccccc5)c4)n3)CC2)on1. The molecular formula is C22H20N6O3S. The van der Waals surface area contributed by atoms with Gasteiger partial charge < -0.3 is 14.3 Å². The van der Waals surface area contributed by atoms with Gasteiger partial charge in [-0.1, -0.05) is 23.4 Å². The van der Waals surface area contributed by atoms with Gasteiger partial charge in [-0.05, 0) is 19.1 Å². The molecule has 1 aliphatic rings. The lowest BCUT2D eigenvalue weighted by molar-refractivity contribution is 0.0510. The Balaban J connectivity index is 1.23. The van der Waals surface area contributed by atoms with Crippen LogP contribution in [0, 0.1) is 6.92 Å². The van der Waals surface area contributed by atoms with E-state index in [-0.39, 0.29) is 17.6 Å². The Hall–Kier alpha value is -3.79. The Kier molecular flexibility index (Phi) is 5.28. The maximum atomic E-state index is 12.9. The van der Waals surface area contributed by atoms with Crippen molar-refractivity contribution in [3.8, 4) is 16.3 Å². The minimum absolute atomic E-state index is 0.134. The first-order chi connectivity index (χ1) is 15.6. The third kappa shape index (κ3) is 3.92. The van der Waals surface area contributed by atoms with Gasteiger partial charge in [0.2, 0.25) is 5.76 Å². The van der Waals surface area contributed by atoms with E-state index in [1.165, 1.54) is 11.3 Å². The largest absolute Gasteiger partial charge is 0.351 e. The number of rotatable bonds is 4. The third-order valence-corrected chi connectivity index (χ3v) is 6.16. The third-order valence-electron chi connectivity index (χ3n) is 5.27. The zero-order chi connectivity index (χ0) is 22.1. The minimum atomic E-state index is -0.205. The van der Waals surface area contributed by atoms with E-state index in [9.17, 15) is 9.59 Å². The van der Waals surface area contributed by atoms with Gasteiger partial charge in [0.15, 0.2) is 0 Å². The van der Waals surface area contributed by atoms with Crippen molar-refractivity contribution in [3.63, 3.8) is 0 Å². The van der Waals surface area contributed by atoms with Gasteiger partial charge in [-0.2, -0.15) is 5.10 Å².